The number of nitrogens with zero attached hydrogens (tertiary/aromatic N) is 1. The normalized spacial score (nSPS) is 19.8. The van der Waals surface area contributed by atoms with E-state index < -0.39 is 43.1 Å². The summed E-state index contributed by atoms with van der Waals surface area (Å²) in [6.07, 6.45) is -4.77. The molecule has 1 fully saturated rings. The number of amides is 2. The van der Waals surface area contributed by atoms with Gasteiger partial charge in [0.15, 0.2) is 0 Å². The molecule has 1 heterocycles. The first-order valence-corrected chi connectivity index (χ1v) is 6.15. The second-order valence-electron chi connectivity index (χ2n) is 4.45. The molecule has 1 atom stereocenters. The molecule has 0 aromatic heterocycles. The third kappa shape index (κ3) is 5.98. The van der Waals surface area contributed by atoms with Crippen molar-refractivity contribution in [2.24, 2.45) is 0 Å². The summed E-state index contributed by atoms with van der Waals surface area (Å²) < 4.78 is 40.4. The van der Waals surface area contributed by atoms with Crippen LogP contribution in [-0.2, 0) is 19.1 Å². The predicted molar refractivity (Wildman–Crippen MR) is 64.1 cm³/mol. The third-order valence-corrected chi connectivity index (χ3v) is 2.86. The highest BCUT2D eigenvalue weighted by Crippen LogP contribution is 2.13. The number of carbonyl (C=O) groups excluding carboxylic acids is 3. The van der Waals surface area contributed by atoms with E-state index in [2.05, 4.69) is 10.1 Å². The number of alkyl halides is 3. The second kappa shape index (κ2) is 7.25. The zero-order valence-corrected chi connectivity index (χ0v) is 11.3. The number of ether oxygens (including phenoxy) is 1. The zero-order chi connectivity index (χ0) is 16.0. The molecule has 21 heavy (non-hydrogen) atoms. The van der Waals surface area contributed by atoms with Gasteiger partial charge in [0.2, 0.25) is 11.8 Å². The Morgan fingerprint density at radius 1 is 1.48 bits per heavy atom. The Bertz CT molecular complexity index is 414. The quantitative estimate of drug-likeness (QED) is 0.638. The highest BCUT2D eigenvalue weighted by molar-refractivity contribution is 5.88. The van der Waals surface area contributed by atoms with Gasteiger partial charge in [-0.2, -0.15) is 13.2 Å². The van der Waals surface area contributed by atoms with E-state index in [1.807, 2.05) is 0 Å². The SMILES string of the molecule is COC(=O)C[C@@H]1C(=O)NCCN1CC(=O)NCC(F)(F)F. The lowest BCUT2D eigenvalue weighted by molar-refractivity contribution is -0.147. The Hall–Kier alpha value is -1.84. The standard InChI is InChI=1S/C11H16F3N3O4/c1-21-9(19)4-7-10(20)15-2-3-17(7)5-8(18)16-6-11(12,13)14/h7H,2-6H2,1H3,(H,15,20)(H,16,18)/t7-/m1/s1. The third-order valence-electron chi connectivity index (χ3n) is 2.86. The molecule has 2 amide bonds. The summed E-state index contributed by atoms with van der Waals surface area (Å²) in [6.45, 7) is -1.32. The van der Waals surface area contributed by atoms with Gasteiger partial charge < -0.3 is 15.4 Å². The Labute approximate surface area is 118 Å². The number of methoxy groups -OCH3 is 1. The first-order valence-electron chi connectivity index (χ1n) is 6.15. The van der Waals surface area contributed by atoms with Gasteiger partial charge >= 0.3 is 12.1 Å². The molecule has 2 N–H and O–H groups in total. The van der Waals surface area contributed by atoms with Crippen molar-refractivity contribution < 1.29 is 32.3 Å². The number of carbonyl (C=O) groups is 3. The van der Waals surface area contributed by atoms with Gasteiger partial charge in [-0.05, 0) is 0 Å². The van der Waals surface area contributed by atoms with Crippen LogP contribution >= 0.6 is 0 Å². The first kappa shape index (κ1) is 17.2. The van der Waals surface area contributed by atoms with Gasteiger partial charge in [-0.25, -0.2) is 0 Å². The first-order chi connectivity index (χ1) is 9.73. The second-order valence-corrected chi connectivity index (χ2v) is 4.45. The topological polar surface area (TPSA) is 87.7 Å². The average Bonchev–Trinajstić information content (AvgIpc) is 2.39. The van der Waals surface area contributed by atoms with E-state index in [0.717, 1.165) is 7.11 Å². The molecule has 1 rings (SSSR count). The van der Waals surface area contributed by atoms with Crippen molar-refractivity contribution in [1.29, 1.82) is 0 Å². The van der Waals surface area contributed by atoms with Crippen molar-refractivity contribution in [3.63, 3.8) is 0 Å². The van der Waals surface area contributed by atoms with Crippen LogP contribution in [0.3, 0.4) is 0 Å². The summed E-state index contributed by atoms with van der Waals surface area (Å²) in [7, 11) is 1.16. The minimum atomic E-state index is -4.50. The molecule has 1 aliphatic heterocycles. The molecular weight excluding hydrogens is 295 g/mol. The van der Waals surface area contributed by atoms with Crippen LogP contribution in [-0.4, -0.2) is 68.2 Å². The lowest BCUT2D eigenvalue weighted by Gasteiger charge is -2.33. The van der Waals surface area contributed by atoms with E-state index in [9.17, 15) is 27.6 Å². The Morgan fingerprint density at radius 2 is 2.14 bits per heavy atom. The lowest BCUT2D eigenvalue weighted by Crippen LogP contribution is -2.58. The maximum Gasteiger partial charge on any atom is 0.405 e. The summed E-state index contributed by atoms with van der Waals surface area (Å²) in [5, 5.41) is 4.24. The van der Waals surface area contributed by atoms with Crippen LogP contribution in [0.5, 0.6) is 0 Å². The summed E-state index contributed by atoms with van der Waals surface area (Å²) in [4.78, 5) is 35.7. The molecular formula is C11H16F3N3O4. The van der Waals surface area contributed by atoms with Crippen LogP contribution in [0.15, 0.2) is 0 Å². The van der Waals surface area contributed by atoms with Gasteiger partial charge in [-0.1, -0.05) is 0 Å². The Kier molecular flexibility index (Phi) is 5.94. The van der Waals surface area contributed by atoms with Gasteiger partial charge in [0, 0.05) is 13.1 Å². The molecule has 0 aromatic carbocycles. The smallest absolute Gasteiger partial charge is 0.405 e. The molecule has 0 aromatic rings. The molecule has 0 aliphatic carbocycles. The van der Waals surface area contributed by atoms with Crippen molar-refractivity contribution in [2.45, 2.75) is 18.6 Å². The average molecular weight is 311 g/mol. The van der Waals surface area contributed by atoms with Gasteiger partial charge in [-0.15, -0.1) is 0 Å². The summed E-state index contributed by atoms with van der Waals surface area (Å²) >= 11 is 0. The van der Waals surface area contributed by atoms with Crippen LogP contribution in [0.1, 0.15) is 6.42 Å². The van der Waals surface area contributed by atoms with Crippen LogP contribution in [0.2, 0.25) is 0 Å². The van der Waals surface area contributed by atoms with Crippen molar-refractivity contribution in [3.8, 4) is 0 Å². The summed E-state index contributed by atoms with van der Waals surface area (Å²) in [6, 6.07) is -0.928. The van der Waals surface area contributed by atoms with E-state index >= 15 is 0 Å². The number of halogens is 3. The van der Waals surface area contributed by atoms with Gasteiger partial charge in [0.05, 0.1) is 20.1 Å². The minimum absolute atomic E-state index is 0.253. The van der Waals surface area contributed by atoms with Crippen molar-refractivity contribution >= 4 is 17.8 Å². The van der Waals surface area contributed by atoms with Crippen LogP contribution in [0.25, 0.3) is 0 Å². The van der Waals surface area contributed by atoms with Gasteiger partial charge in [-0.3, -0.25) is 19.3 Å². The highest BCUT2D eigenvalue weighted by Gasteiger charge is 2.34. The molecule has 0 bridgehead atoms. The predicted octanol–water partition coefficient (Wildman–Crippen LogP) is -0.972. The van der Waals surface area contributed by atoms with E-state index in [4.69, 9.17) is 0 Å². The minimum Gasteiger partial charge on any atom is -0.469 e. The van der Waals surface area contributed by atoms with Gasteiger partial charge in [0.25, 0.3) is 0 Å². The Balaban J connectivity index is 2.58. The Morgan fingerprint density at radius 3 is 2.71 bits per heavy atom. The van der Waals surface area contributed by atoms with E-state index in [1.165, 1.54) is 4.90 Å². The van der Waals surface area contributed by atoms with E-state index in [1.54, 1.807) is 5.32 Å². The largest absolute Gasteiger partial charge is 0.469 e. The number of piperazine rings is 1. The molecule has 7 nitrogen and oxygen atoms in total. The van der Waals surface area contributed by atoms with Crippen LogP contribution in [0.4, 0.5) is 13.2 Å². The fourth-order valence-corrected chi connectivity index (χ4v) is 1.85. The molecule has 10 heteroatoms. The number of esters is 1. The molecule has 0 saturated carbocycles. The van der Waals surface area contributed by atoms with Gasteiger partial charge in [0.1, 0.15) is 12.6 Å². The molecule has 0 spiro atoms. The molecule has 1 saturated heterocycles. The van der Waals surface area contributed by atoms with Crippen molar-refractivity contribution in [2.75, 3.05) is 33.3 Å². The van der Waals surface area contributed by atoms with Crippen LogP contribution < -0.4 is 10.6 Å². The lowest BCUT2D eigenvalue weighted by atomic mass is 10.1. The fraction of sp³-hybridized carbons (Fsp3) is 0.727. The van der Waals surface area contributed by atoms with Crippen molar-refractivity contribution in [1.82, 2.24) is 15.5 Å². The molecule has 120 valence electrons. The highest BCUT2D eigenvalue weighted by atomic mass is 19.4. The monoisotopic (exact) mass is 311 g/mol. The summed E-state index contributed by atoms with van der Waals surface area (Å²) in [5.41, 5.74) is 0. The number of rotatable bonds is 5. The maximum atomic E-state index is 12.0. The summed E-state index contributed by atoms with van der Waals surface area (Å²) in [5.74, 6) is -1.97. The molecule has 0 unspecified atom stereocenters. The van der Waals surface area contributed by atoms with Crippen LogP contribution in [0, 0.1) is 0 Å². The number of hydrogen-bond acceptors (Lipinski definition) is 5. The maximum absolute atomic E-state index is 12.0. The number of nitrogens with one attached hydrogen (secondary N) is 2. The fourth-order valence-electron chi connectivity index (χ4n) is 1.85. The number of hydrogen-bond donors (Lipinski definition) is 2. The van der Waals surface area contributed by atoms with E-state index in [-0.39, 0.29) is 19.5 Å². The molecule has 1 aliphatic rings. The molecule has 0 radical (unpaired) electrons. The van der Waals surface area contributed by atoms with E-state index in [0.29, 0.717) is 0 Å². The van der Waals surface area contributed by atoms with Crippen molar-refractivity contribution in [3.05, 3.63) is 0 Å². The zero-order valence-electron chi connectivity index (χ0n) is 11.3.